The van der Waals surface area contributed by atoms with Crippen LogP contribution in [0.4, 0.5) is 24.8 Å². The van der Waals surface area contributed by atoms with Crippen molar-refractivity contribution in [2.45, 2.75) is 19.1 Å². The molecule has 1 aliphatic rings. The van der Waals surface area contributed by atoms with Gasteiger partial charge in [-0.15, -0.1) is 0 Å². The highest BCUT2D eigenvalue weighted by atomic mass is 32.1. The number of halogens is 3. The minimum absolute atomic E-state index is 0. The highest BCUT2D eigenvalue weighted by Gasteiger charge is 2.35. The van der Waals surface area contributed by atoms with E-state index >= 15 is 0 Å². The molecule has 0 saturated heterocycles. The van der Waals surface area contributed by atoms with Crippen LogP contribution < -0.4 is 10.6 Å². The normalized spacial score (nSPS) is 15.5. The number of alkyl halides is 3. The predicted octanol–water partition coefficient (Wildman–Crippen LogP) is 3.01. The molecule has 2 N–H and O–H groups in total. The van der Waals surface area contributed by atoms with Crippen LogP contribution in [0.25, 0.3) is 0 Å². The van der Waals surface area contributed by atoms with Crippen molar-refractivity contribution in [1.29, 1.82) is 0 Å². The molecule has 0 bridgehead atoms. The number of anilines is 2. The third kappa shape index (κ3) is 4.34. The van der Waals surface area contributed by atoms with E-state index in [2.05, 4.69) is 26.9 Å². The number of aromatic nitrogens is 4. The number of carbonyl (C=O) groups is 1. The number of pyridine rings is 2. The van der Waals surface area contributed by atoms with Gasteiger partial charge in [0.25, 0.3) is 5.91 Å². The second kappa shape index (κ2) is 8.31. The van der Waals surface area contributed by atoms with Crippen LogP contribution in [0, 0.1) is 11.8 Å². The van der Waals surface area contributed by atoms with E-state index in [0.29, 0.717) is 23.1 Å². The van der Waals surface area contributed by atoms with Crippen LogP contribution in [0.2, 0.25) is 0 Å². The van der Waals surface area contributed by atoms with Gasteiger partial charge < -0.3 is 5.73 Å². The summed E-state index contributed by atoms with van der Waals surface area (Å²) in [7, 11) is 0. The van der Waals surface area contributed by atoms with Crippen molar-refractivity contribution in [3.05, 3.63) is 65.2 Å². The first-order valence-electron chi connectivity index (χ1n) is 8.90. The molecule has 31 heavy (non-hydrogen) atoms. The summed E-state index contributed by atoms with van der Waals surface area (Å²) in [5.74, 6) is 5.88. The van der Waals surface area contributed by atoms with Crippen LogP contribution in [0.5, 0.6) is 0 Å². The van der Waals surface area contributed by atoms with Crippen molar-refractivity contribution >= 4 is 31.0 Å². The fourth-order valence-corrected chi connectivity index (χ4v) is 3.08. The molecule has 7 nitrogen and oxygen atoms in total. The number of rotatable bonds is 1. The molecule has 160 valence electrons. The molecular formula is C20H17F3N6OS. The highest BCUT2D eigenvalue weighted by Crippen LogP contribution is 2.31. The van der Waals surface area contributed by atoms with Gasteiger partial charge in [0.15, 0.2) is 0 Å². The van der Waals surface area contributed by atoms with Crippen molar-refractivity contribution in [3.63, 3.8) is 0 Å². The summed E-state index contributed by atoms with van der Waals surface area (Å²) in [4.78, 5) is 22.2. The molecule has 1 amide bonds. The van der Waals surface area contributed by atoms with Crippen molar-refractivity contribution in [3.8, 4) is 11.8 Å². The second-order valence-electron chi connectivity index (χ2n) is 6.74. The standard InChI is InChI=1S/C20H15F3N6O.H2S/c1-12-11-28(17-7-5-15(10-26-17)20(21,22)23)19(30)18-14(9-27-29(12)18)4-2-13-3-6-16(24)25-8-13;/h3,5-10,12H,11H2,1H3,(H2,24,25);1H2/t12-;/m0./s1. The van der Waals surface area contributed by atoms with Gasteiger partial charge in [0.1, 0.15) is 17.3 Å². The maximum Gasteiger partial charge on any atom is 0.417 e. The van der Waals surface area contributed by atoms with Crippen LogP contribution in [-0.4, -0.2) is 32.2 Å². The van der Waals surface area contributed by atoms with E-state index in [9.17, 15) is 18.0 Å². The lowest BCUT2D eigenvalue weighted by molar-refractivity contribution is -0.137. The van der Waals surface area contributed by atoms with Crippen LogP contribution in [0.3, 0.4) is 0 Å². The molecule has 0 aliphatic carbocycles. The van der Waals surface area contributed by atoms with E-state index in [1.165, 1.54) is 23.4 Å². The number of nitrogens with two attached hydrogens (primary N) is 1. The fraction of sp³-hybridized carbons (Fsp3) is 0.200. The van der Waals surface area contributed by atoms with Gasteiger partial charge >= 0.3 is 6.18 Å². The van der Waals surface area contributed by atoms with E-state index < -0.39 is 17.6 Å². The molecule has 11 heteroatoms. The number of hydrogen-bond donors (Lipinski definition) is 1. The Labute approximate surface area is 182 Å². The Bertz CT molecular complexity index is 1160. The highest BCUT2D eigenvalue weighted by molar-refractivity contribution is 7.59. The number of nitrogen functional groups attached to an aromatic ring is 1. The topological polar surface area (TPSA) is 89.9 Å². The lowest BCUT2D eigenvalue weighted by Crippen LogP contribution is -2.43. The summed E-state index contributed by atoms with van der Waals surface area (Å²) in [5, 5.41) is 4.25. The van der Waals surface area contributed by atoms with Crippen LogP contribution in [0.1, 0.15) is 40.1 Å². The predicted molar refractivity (Wildman–Crippen MR) is 113 cm³/mol. The zero-order chi connectivity index (χ0) is 21.5. The molecule has 3 aromatic rings. The molecule has 0 unspecified atom stereocenters. The number of carbonyl (C=O) groups excluding carboxylic acids is 1. The van der Waals surface area contributed by atoms with Gasteiger partial charge in [-0.2, -0.15) is 31.8 Å². The van der Waals surface area contributed by atoms with Crippen LogP contribution >= 0.6 is 13.5 Å². The molecular weight excluding hydrogens is 429 g/mol. The Hall–Kier alpha value is -3.52. The summed E-state index contributed by atoms with van der Waals surface area (Å²) >= 11 is 0. The first kappa shape index (κ1) is 22.2. The summed E-state index contributed by atoms with van der Waals surface area (Å²) in [6, 6.07) is 5.19. The Kier molecular flexibility index (Phi) is 5.94. The molecule has 3 aromatic heterocycles. The van der Waals surface area contributed by atoms with E-state index in [1.54, 1.807) is 16.8 Å². The Morgan fingerprint density at radius 2 is 1.87 bits per heavy atom. The second-order valence-corrected chi connectivity index (χ2v) is 6.74. The van der Waals surface area contributed by atoms with E-state index in [0.717, 1.165) is 6.07 Å². The molecule has 1 atom stereocenters. The summed E-state index contributed by atoms with van der Waals surface area (Å²) in [6.45, 7) is 2.07. The third-order valence-corrected chi connectivity index (χ3v) is 4.59. The van der Waals surface area contributed by atoms with Gasteiger partial charge in [-0.1, -0.05) is 11.8 Å². The number of amides is 1. The molecule has 4 rings (SSSR count). The van der Waals surface area contributed by atoms with Crippen LogP contribution in [0.15, 0.2) is 42.9 Å². The Morgan fingerprint density at radius 3 is 2.48 bits per heavy atom. The average Bonchev–Trinajstić information content (AvgIpc) is 3.15. The van der Waals surface area contributed by atoms with Crippen molar-refractivity contribution in [1.82, 2.24) is 19.7 Å². The van der Waals surface area contributed by atoms with Gasteiger partial charge in [0.2, 0.25) is 0 Å². The van der Waals surface area contributed by atoms with Crippen molar-refractivity contribution < 1.29 is 18.0 Å². The minimum atomic E-state index is -4.50. The summed E-state index contributed by atoms with van der Waals surface area (Å²) in [6.07, 6.45) is -0.774. The number of fused-ring (bicyclic) bond motifs is 1. The zero-order valence-corrected chi connectivity index (χ0v) is 17.2. The Balaban J connectivity index is 0.00000272. The summed E-state index contributed by atoms with van der Waals surface area (Å²) < 4.78 is 40.0. The molecule has 0 aromatic carbocycles. The van der Waals surface area contributed by atoms with E-state index in [4.69, 9.17) is 5.73 Å². The molecule has 0 fully saturated rings. The largest absolute Gasteiger partial charge is 0.417 e. The van der Waals surface area contributed by atoms with Gasteiger partial charge in [-0.25, -0.2) is 9.97 Å². The maximum absolute atomic E-state index is 13.1. The van der Waals surface area contributed by atoms with E-state index in [-0.39, 0.29) is 37.6 Å². The molecule has 0 saturated carbocycles. The smallest absolute Gasteiger partial charge is 0.384 e. The van der Waals surface area contributed by atoms with Gasteiger partial charge in [-0.05, 0) is 31.2 Å². The molecule has 1 aliphatic heterocycles. The third-order valence-electron chi connectivity index (χ3n) is 4.59. The number of nitrogens with zero attached hydrogens (tertiary/aromatic N) is 5. The summed E-state index contributed by atoms with van der Waals surface area (Å²) in [5.41, 5.74) is 5.95. The minimum Gasteiger partial charge on any atom is -0.384 e. The Morgan fingerprint density at radius 1 is 1.10 bits per heavy atom. The van der Waals surface area contributed by atoms with Gasteiger partial charge in [0, 0.05) is 24.5 Å². The van der Waals surface area contributed by atoms with E-state index in [1.807, 2.05) is 6.92 Å². The monoisotopic (exact) mass is 446 g/mol. The van der Waals surface area contributed by atoms with Gasteiger partial charge in [-0.3, -0.25) is 14.4 Å². The van der Waals surface area contributed by atoms with Crippen molar-refractivity contribution in [2.75, 3.05) is 17.2 Å². The first-order chi connectivity index (χ1) is 14.2. The first-order valence-corrected chi connectivity index (χ1v) is 8.90. The lowest BCUT2D eigenvalue weighted by atomic mass is 10.1. The zero-order valence-electron chi connectivity index (χ0n) is 16.2. The van der Waals surface area contributed by atoms with Gasteiger partial charge in [0.05, 0.1) is 23.4 Å². The molecule has 4 heterocycles. The quantitative estimate of drug-likeness (QED) is 0.581. The fourth-order valence-electron chi connectivity index (χ4n) is 3.08. The van der Waals surface area contributed by atoms with Crippen molar-refractivity contribution in [2.24, 2.45) is 0 Å². The average molecular weight is 446 g/mol. The number of hydrogen-bond acceptors (Lipinski definition) is 5. The van der Waals surface area contributed by atoms with Crippen LogP contribution in [-0.2, 0) is 6.18 Å². The molecule has 0 radical (unpaired) electrons. The molecule has 0 spiro atoms. The SMILES string of the molecule is C[C@H]1CN(c2ccc(C(F)(F)F)cn2)C(=O)c2c(C#Cc3ccc(N)nc3)cnn21.S. The lowest BCUT2D eigenvalue weighted by Gasteiger charge is -2.31. The maximum atomic E-state index is 13.1.